The van der Waals surface area contributed by atoms with Gasteiger partial charge in [-0.05, 0) is 30.5 Å². The van der Waals surface area contributed by atoms with Gasteiger partial charge in [-0.1, -0.05) is 25.1 Å². The van der Waals surface area contributed by atoms with Gasteiger partial charge in [0.2, 0.25) is 0 Å². The Morgan fingerprint density at radius 2 is 2.00 bits per heavy atom. The molecule has 0 spiro atoms. The first kappa shape index (κ1) is 11.9. The van der Waals surface area contributed by atoms with Crippen molar-refractivity contribution in [3.05, 3.63) is 42.1 Å². The van der Waals surface area contributed by atoms with Crippen LogP contribution in [0.2, 0.25) is 0 Å². The molecular formula is C15H19NO. The van der Waals surface area contributed by atoms with Crippen molar-refractivity contribution in [1.82, 2.24) is 0 Å². The monoisotopic (exact) mass is 229 g/mol. The van der Waals surface area contributed by atoms with Crippen LogP contribution in [-0.2, 0) is 4.79 Å². The first-order valence-corrected chi connectivity index (χ1v) is 6.17. The number of hydrogen-bond acceptors (Lipinski definition) is 2. The summed E-state index contributed by atoms with van der Waals surface area (Å²) in [7, 11) is 2.03. The van der Waals surface area contributed by atoms with Crippen molar-refractivity contribution in [2.45, 2.75) is 26.2 Å². The van der Waals surface area contributed by atoms with E-state index in [0.717, 1.165) is 18.5 Å². The van der Waals surface area contributed by atoms with Crippen LogP contribution in [0.1, 0.15) is 26.2 Å². The second kappa shape index (κ2) is 5.17. The van der Waals surface area contributed by atoms with E-state index in [2.05, 4.69) is 23.2 Å². The van der Waals surface area contributed by atoms with Crippen LogP contribution < -0.4 is 4.90 Å². The number of nitrogens with zero attached hydrogens (tertiary/aromatic N) is 1. The molecule has 1 fully saturated rings. The van der Waals surface area contributed by atoms with Gasteiger partial charge in [0.15, 0.2) is 0 Å². The molecule has 0 saturated heterocycles. The number of carbonyl (C=O) groups is 1. The minimum Gasteiger partial charge on any atom is -0.351 e. The molecule has 2 heteroatoms. The van der Waals surface area contributed by atoms with Crippen LogP contribution in [0.4, 0.5) is 5.69 Å². The fourth-order valence-corrected chi connectivity index (χ4v) is 2.17. The van der Waals surface area contributed by atoms with Crippen LogP contribution in [0.5, 0.6) is 0 Å². The normalized spacial score (nSPS) is 22.8. The van der Waals surface area contributed by atoms with Crippen molar-refractivity contribution in [2.75, 3.05) is 11.9 Å². The van der Waals surface area contributed by atoms with Crippen LogP contribution in [0.3, 0.4) is 0 Å². The maximum Gasteiger partial charge on any atom is 0.139 e. The molecule has 1 aromatic carbocycles. The number of rotatable bonds is 2. The largest absolute Gasteiger partial charge is 0.351 e. The third-order valence-electron chi connectivity index (χ3n) is 3.39. The molecule has 0 amide bonds. The minimum atomic E-state index is 0.245. The summed E-state index contributed by atoms with van der Waals surface area (Å²) in [5, 5.41) is 0. The maximum atomic E-state index is 11.7. The van der Waals surface area contributed by atoms with Gasteiger partial charge in [0.1, 0.15) is 5.78 Å². The number of ketones is 1. The zero-order valence-corrected chi connectivity index (χ0v) is 10.5. The van der Waals surface area contributed by atoms with Gasteiger partial charge in [0, 0.05) is 31.3 Å². The highest BCUT2D eigenvalue weighted by Crippen LogP contribution is 2.26. The lowest BCUT2D eigenvalue weighted by molar-refractivity contribution is -0.122. The average Bonchev–Trinajstić information content (AvgIpc) is 2.35. The Bertz CT molecular complexity index is 422. The molecule has 0 N–H and O–H groups in total. The summed E-state index contributed by atoms with van der Waals surface area (Å²) >= 11 is 0. The van der Waals surface area contributed by atoms with Crippen molar-refractivity contribution in [3.63, 3.8) is 0 Å². The number of Topliss-reactive ketones (excluding diaryl/α,β-unsaturated/α-hetero) is 1. The lowest BCUT2D eigenvalue weighted by Gasteiger charge is -2.22. The zero-order chi connectivity index (χ0) is 12.3. The van der Waals surface area contributed by atoms with E-state index in [1.165, 1.54) is 5.57 Å². The van der Waals surface area contributed by atoms with Crippen molar-refractivity contribution < 1.29 is 4.79 Å². The molecule has 0 heterocycles. The molecule has 1 aliphatic rings. The highest BCUT2D eigenvalue weighted by Gasteiger charge is 2.20. The number of carbonyl (C=O) groups excluding carboxylic acids is 1. The van der Waals surface area contributed by atoms with Gasteiger partial charge in [-0.15, -0.1) is 0 Å². The van der Waals surface area contributed by atoms with Crippen molar-refractivity contribution in [1.29, 1.82) is 0 Å². The fraction of sp³-hybridized carbons (Fsp3) is 0.400. The van der Waals surface area contributed by atoms with Gasteiger partial charge < -0.3 is 4.90 Å². The van der Waals surface area contributed by atoms with E-state index in [9.17, 15) is 4.79 Å². The summed E-state index contributed by atoms with van der Waals surface area (Å²) in [4.78, 5) is 13.8. The number of benzene rings is 1. The van der Waals surface area contributed by atoms with E-state index < -0.39 is 0 Å². The zero-order valence-electron chi connectivity index (χ0n) is 10.5. The molecule has 90 valence electrons. The molecule has 1 unspecified atom stereocenters. The van der Waals surface area contributed by atoms with E-state index >= 15 is 0 Å². The molecule has 1 atom stereocenters. The van der Waals surface area contributed by atoms with Crippen LogP contribution in [0.25, 0.3) is 0 Å². The van der Waals surface area contributed by atoms with E-state index in [-0.39, 0.29) is 5.92 Å². The topological polar surface area (TPSA) is 20.3 Å². The Labute approximate surface area is 103 Å². The standard InChI is InChI=1S/C15H19NO/c1-12-8-9-13(10-15(12)17)11-16(2)14-6-4-3-5-7-14/h3-7,11-12H,8-10H2,1-2H3/b13-11-. The Hall–Kier alpha value is -1.57. The summed E-state index contributed by atoms with van der Waals surface area (Å²) in [6.45, 7) is 2.03. The van der Waals surface area contributed by atoms with Gasteiger partial charge in [0.25, 0.3) is 0 Å². The summed E-state index contributed by atoms with van der Waals surface area (Å²) in [5.41, 5.74) is 2.41. The van der Waals surface area contributed by atoms with E-state index in [0.29, 0.717) is 12.2 Å². The maximum absolute atomic E-state index is 11.7. The van der Waals surface area contributed by atoms with Gasteiger partial charge in [-0.25, -0.2) is 0 Å². The fourth-order valence-electron chi connectivity index (χ4n) is 2.17. The second-order valence-electron chi connectivity index (χ2n) is 4.82. The Morgan fingerprint density at radius 3 is 2.65 bits per heavy atom. The predicted molar refractivity (Wildman–Crippen MR) is 71.0 cm³/mol. The highest BCUT2D eigenvalue weighted by molar-refractivity contribution is 5.84. The molecular weight excluding hydrogens is 210 g/mol. The lowest BCUT2D eigenvalue weighted by Crippen LogP contribution is -2.19. The number of para-hydroxylation sites is 1. The molecule has 0 aliphatic heterocycles. The lowest BCUT2D eigenvalue weighted by atomic mass is 9.86. The molecule has 17 heavy (non-hydrogen) atoms. The summed E-state index contributed by atoms with van der Waals surface area (Å²) in [5.74, 6) is 0.623. The quantitative estimate of drug-likeness (QED) is 0.774. The molecule has 1 aliphatic carbocycles. The SMILES string of the molecule is CC1CC/C(=C/N(C)c2ccccc2)CC1=O. The van der Waals surface area contributed by atoms with Crippen molar-refractivity contribution in [3.8, 4) is 0 Å². The van der Waals surface area contributed by atoms with Crippen LogP contribution >= 0.6 is 0 Å². The van der Waals surface area contributed by atoms with Gasteiger partial charge in [-0.3, -0.25) is 4.79 Å². The minimum absolute atomic E-state index is 0.245. The van der Waals surface area contributed by atoms with Gasteiger partial charge in [-0.2, -0.15) is 0 Å². The van der Waals surface area contributed by atoms with E-state index in [4.69, 9.17) is 0 Å². The summed E-state index contributed by atoms with van der Waals surface area (Å²) in [6.07, 6.45) is 4.77. The van der Waals surface area contributed by atoms with Crippen molar-refractivity contribution >= 4 is 11.5 Å². The number of anilines is 1. The number of allylic oxidation sites excluding steroid dienone is 1. The first-order chi connectivity index (χ1) is 8.16. The summed E-state index contributed by atoms with van der Waals surface area (Å²) < 4.78 is 0. The highest BCUT2D eigenvalue weighted by atomic mass is 16.1. The molecule has 2 nitrogen and oxygen atoms in total. The van der Waals surface area contributed by atoms with Crippen LogP contribution in [0.15, 0.2) is 42.1 Å². The molecule has 0 radical (unpaired) electrons. The Morgan fingerprint density at radius 1 is 1.29 bits per heavy atom. The van der Waals surface area contributed by atoms with E-state index in [1.807, 2.05) is 32.2 Å². The predicted octanol–water partition coefficient (Wildman–Crippen LogP) is 3.40. The van der Waals surface area contributed by atoms with E-state index in [1.54, 1.807) is 0 Å². The van der Waals surface area contributed by atoms with Crippen molar-refractivity contribution in [2.24, 2.45) is 5.92 Å². The van der Waals surface area contributed by atoms with Crippen LogP contribution in [0, 0.1) is 5.92 Å². The molecule has 1 saturated carbocycles. The van der Waals surface area contributed by atoms with Gasteiger partial charge >= 0.3 is 0 Å². The smallest absolute Gasteiger partial charge is 0.139 e. The first-order valence-electron chi connectivity index (χ1n) is 6.17. The molecule has 0 aromatic heterocycles. The second-order valence-corrected chi connectivity index (χ2v) is 4.82. The third-order valence-corrected chi connectivity index (χ3v) is 3.39. The summed E-state index contributed by atoms with van der Waals surface area (Å²) in [6, 6.07) is 10.2. The Balaban J connectivity index is 2.07. The molecule has 1 aromatic rings. The molecule has 2 rings (SSSR count). The average molecular weight is 229 g/mol. The Kier molecular flexibility index (Phi) is 3.62. The molecule has 0 bridgehead atoms. The third kappa shape index (κ3) is 2.96. The number of hydrogen-bond donors (Lipinski definition) is 0. The van der Waals surface area contributed by atoms with Gasteiger partial charge in [0.05, 0.1) is 0 Å². The van der Waals surface area contributed by atoms with Crippen LogP contribution in [-0.4, -0.2) is 12.8 Å².